The molecule has 0 spiro atoms. The van der Waals surface area contributed by atoms with Crippen molar-refractivity contribution in [3.8, 4) is 0 Å². The van der Waals surface area contributed by atoms with Crippen LogP contribution in [0.3, 0.4) is 0 Å². The van der Waals surface area contributed by atoms with Crippen LogP contribution >= 0.6 is 0 Å². The van der Waals surface area contributed by atoms with Crippen LogP contribution in [-0.2, 0) is 16.1 Å². The van der Waals surface area contributed by atoms with Crippen LogP contribution in [0.15, 0.2) is 18.3 Å². The Morgan fingerprint density at radius 3 is 2.87 bits per heavy atom. The molecule has 78 valence electrons. The molecule has 0 atom stereocenters. The molecule has 4 heteroatoms. The van der Waals surface area contributed by atoms with Gasteiger partial charge in [0.1, 0.15) is 0 Å². The van der Waals surface area contributed by atoms with Gasteiger partial charge in [-0.2, -0.15) is 0 Å². The molecular weight excluding hydrogens is 192 g/mol. The Labute approximate surface area is 87.9 Å². The lowest BCUT2D eigenvalue weighted by molar-refractivity contribution is -0.140. The zero-order chi connectivity index (χ0) is 10.8. The molecule has 1 aromatic rings. The first-order valence-electron chi connectivity index (χ1n) is 4.90. The molecule has 2 rings (SSSR count). The van der Waals surface area contributed by atoms with Gasteiger partial charge in [-0.05, 0) is 24.6 Å². The van der Waals surface area contributed by atoms with Gasteiger partial charge in [0.15, 0.2) is 0 Å². The Balaban J connectivity index is 2.10. The van der Waals surface area contributed by atoms with Gasteiger partial charge in [-0.15, -0.1) is 0 Å². The van der Waals surface area contributed by atoms with Crippen LogP contribution in [0.5, 0.6) is 0 Å². The van der Waals surface area contributed by atoms with Crippen LogP contribution < -0.4 is 0 Å². The Morgan fingerprint density at radius 1 is 1.47 bits per heavy atom. The Bertz CT molecular complexity index is 415. The van der Waals surface area contributed by atoms with E-state index in [1.54, 1.807) is 11.1 Å². The number of hydrogen-bond acceptors (Lipinski definition) is 3. The first-order chi connectivity index (χ1) is 7.16. The molecule has 4 nitrogen and oxygen atoms in total. The van der Waals surface area contributed by atoms with E-state index in [0.29, 0.717) is 19.5 Å². The molecule has 1 fully saturated rings. The van der Waals surface area contributed by atoms with Crippen LogP contribution in [-0.4, -0.2) is 28.1 Å². The molecule has 0 bridgehead atoms. The summed E-state index contributed by atoms with van der Waals surface area (Å²) >= 11 is 0. The molecule has 0 N–H and O–H groups in total. The van der Waals surface area contributed by atoms with Gasteiger partial charge in [0, 0.05) is 19.2 Å². The number of pyridine rings is 1. The second-order valence-electron chi connectivity index (χ2n) is 3.72. The molecule has 0 radical (unpaired) electrons. The number of aryl methyl sites for hydroxylation is 1. The van der Waals surface area contributed by atoms with Crippen molar-refractivity contribution in [3.05, 3.63) is 29.6 Å². The lowest BCUT2D eigenvalue weighted by atomic mass is 10.2. The third-order valence-corrected chi connectivity index (χ3v) is 2.46. The van der Waals surface area contributed by atoms with Gasteiger partial charge in [-0.3, -0.25) is 14.6 Å². The lowest BCUT2D eigenvalue weighted by Crippen LogP contribution is -2.27. The van der Waals surface area contributed by atoms with E-state index >= 15 is 0 Å². The van der Waals surface area contributed by atoms with Gasteiger partial charge in [-0.25, -0.2) is 0 Å². The summed E-state index contributed by atoms with van der Waals surface area (Å²) in [5, 5.41) is 0. The monoisotopic (exact) mass is 204 g/mol. The number of Topliss-reactive ketones (excluding diaryl/α,β-unsaturated/α-hetero) is 1. The van der Waals surface area contributed by atoms with Crippen molar-refractivity contribution >= 4 is 11.7 Å². The maximum atomic E-state index is 11.3. The maximum Gasteiger partial charge on any atom is 0.290 e. The molecule has 1 saturated heterocycles. The molecular formula is C11H12N2O2. The van der Waals surface area contributed by atoms with Crippen molar-refractivity contribution in [3.63, 3.8) is 0 Å². The summed E-state index contributed by atoms with van der Waals surface area (Å²) in [5.41, 5.74) is 1.94. The zero-order valence-electron chi connectivity index (χ0n) is 8.56. The van der Waals surface area contributed by atoms with Crippen molar-refractivity contribution in [2.45, 2.75) is 19.9 Å². The minimum atomic E-state index is -0.377. The number of carbonyl (C=O) groups is 2. The van der Waals surface area contributed by atoms with Crippen molar-refractivity contribution in [1.82, 2.24) is 9.88 Å². The summed E-state index contributed by atoms with van der Waals surface area (Å²) in [6.07, 6.45) is 2.05. The van der Waals surface area contributed by atoms with E-state index < -0.39 is 0 Å². The van der Waals surface area contributed by atoms with Gasteiger partial charge in [0.25, 0.3) is 5.91 Å². The van der Waals surface area contributed by atoms with Crippen LogP contribution in [0.1, 0.15) is 17.7 Å². The largest absolute Gasteiger partial charge is 0.330 e. The Kier molecular flexibility index (Phi) is 2.49. The molecule has 15 heavy (non-hydrogen) atoms. The smallest absolute Gasteiger partial charge is 0.290 e. The average molecular weight is 204 g/mol. The number of ketones is 1. The molecule has 1 amide bonds. The second-order valence-corrected chi connectivity index (χ2v) is 3.72. The van der Waals surface area contributed by atoms with Gasteiger partial charge < -0.3 is 4.90 Å². The van der Waals surface area contributed by atoms with Crippen molar-refractivity contribution in [2.75, 3.05) is 6.54 Å². The fourth-order valence-electron chi connectivity index (χ4n) is 1.65. The van der Waals surface area contributed by atoms with E-state index in [1.165, 1.54) is 0 Å². The summed E-state index contributed by atoms with van der Waals surface area (Å²) in [6.45, 7) is 2.93. The first-order valence-corrected chi connectivity index (χ1v) is 4.90. The SMILES string of the molecule is Cc1ccnc(CN2CCC(=O)C2=O)c1. The molecule has 0 unspecified atom stereocenters. The normalized spacial score (nSPS) is 16.2. The number of amides is 1. The number of nitrogens with zero attached hydrogens (tertiary/aromatic N) is 2. The third-order valence-electron chi connectivity index (χ3n) is 2.46. The summed E-state index contributed by atoms with van der Waals surface area (Å²) < 4.78 is 0. The highest BCUT2D eigenvalue weighted by molar-refractivity contribution is 6.37. The van der Waals surface area contributed by atoms with E-state index in [2.05, 4.69) is 4.98 Å². The molecule has 1 aliphatic rings. The fourth-order valence-corrected chi connectivity index (χ4v) is 1.65. The van der Waals surface area contributed by atoms with Gasteiger partial charge >= 0.3 is 0 Å². The molecule has 0 aromatic carbocycles. The second kappa shape index (κ2) is 3.81. The lowest BCUT2D eigenvalue weighted by Gasteiger charge is -2.13. The minimum Gasteiger partial charge on any atom is -0.330 e. The molecule has 1 aromatic heterocycles. The number of hydrogen-bond donors (Lipinski definition) is 0. The predicted octanol–water partition coefficient (Wildman–Crippen LogP) is 0.691. The standard InChI is InChI=1S/C11H12N2O2/c1-8-2-4-12-9(6-8)7-13-5-3-10(14)11(13)15/h2,4,6H,3,5,7H2,1H3. The van der Waals surface area contributed by atoms with E-state index in [4.69, 9.17) is 0 Å². The van der Waals surface area contributed by atoms with Crippen LogP contribution in [0, 0.1) is 6.92 Å². The highest BCUT2D eigenvalue weighted by atomic mass is 16.2. The molecule has 1 aliphatic heterocycles. The predicted molar refractivity (Wildman–Crippen MR) is 54.0 cm³/mol. The van der Waals surface area contributed by atoms with Gasteiger partial charge in [0.2, 0.25) is 5.78 Å². The summed E-state index contributed by atoms with van der Waals surface area (Å²) in [4.78, 5) is 28.1. The molecule has 2 heterocycles. The van der Waals surface area contributed by atoms with E-state index in [1.807, 2.05) is 19.1 Å². The van der Waals surface area contributed by atoms with Gasteiger partial charge in [0.05, 0.1) is 12.2 Å². The Hall–Kier alpha value is -1.71. The van der Waals surface area contributed by atoms with Crippen LogP contribution in [0.25, 0.3) is 0 Å². The van der Waals surface area contributed by atoms with Crippen LogP contribution in [0.2, 0.25) is 0 Å². The third kappa shape index (κ3) is 2.03. The highest BCUT2D eigenvalue weighted by Gasteiger charge is 2.29. The van der Waals surface area contributed by atoms with Crippen LogP contribution in [0.4, 0.5) is 0 Å². The summed E-state index contributed by atoms with van der Waals surface area (Å²) in [7, 11) is 0. The Morgan fingerprint density at radius 2 is 2.27 bits per heavy atom. The van der Waals surface area contributed by atoms with Crippen molar-refractivity contribution in [1.29, 1.82) is 0 Å². The topological polar surface area (TPSA) is 50.3 Å². The molecule has 0 aliphatic carbocycles. The quantitative estimate of drug-likeness (QED) is 0.666. The summed E-state index contributed by atoms with van der Waals surface area (Å²) in [5.74, 6) is -0.666. The number of likely N-dealkylation sites (tertiary alicyclic amines) is 1. The number of carbonyl (C=O) groups excluding carboxylic acids is 2. The summed E-state index contributed by atoms with van der Waals surface area (Å²) in [6, 6.07) is 3.83. The van der Waals surface area contributed by atoms with E-state index in [-0.39, 0.29) is 11.7 Å². The molecule has 0 saturated carbocycles. The first kappa shape index (κ1) is 9.83. The number of aromatic nitrogens is 1. The van der Waals surface area contributed by atoms with E-state index in [9.17, 15) is 9.59 Å². The minimum absolute atomic E-state index is 0.289. The average Bonchev–Trinajstić information content (AvgIpc) is 2.50. The fraction of sp³-hybridized carbons (Fsp3) is 0.364. The van der Waals surface area contributed by atoms with Crippen molar-refractivity contribution in [2.24, 2.45) is 0 Å². The number of rotatable bonds is 2. The maximum absolute atomic E-state index is 11.3. The zero-order valence-corrected chi connectivity index (χ0v) is 8.56. The highest BCUT2D eigenvalue weighted by Crippen LogP contribution is 2.11. The van der Waals surface area contributed by atoms with E-state index in [0.717, 1.165) is 11.3 Å². The van der Waals surface area contributed by atoms with Crippen molar-refractivity contribution < 1.29 is 9.59 Å². The van der Waals surface area contributed by atoms with Gasteiger partial charge in [-0.1, -0.05) is 0 Å².